The third kappa shape index (κ3) is 2.36. The second-order valence-electron chi connectivity index (χ2n) is 6.66. The van der Waals surface area contributed by atoms with Crippen molar-refractivity contribution in [2.24, 2.45) is 5.92 Å². The summed E-state index contributed by atoms with van der Waals surface area (Å²) in [6.45, 7) is 0. The third-order valence-corrected chi connectivity index (χ3v) is 5.17. The largest absolute Gasteiger partial charge is 0.393 e. The van der Waals surface area contributed by atoms with Gasteiger partial charge in [-0.2, -0.15) is 0 Å². The van der Waals surface area contributed by atoms with E-state index < -0.39 is 6.10 Å². The van der Waals surface area contributed by atoms with E-state index in [1.54, 1.807) is 6.33 Å². The third-order valence-electron chi connectivity index (χ3n) is 5.17. The van der Waals surface area contributed by atoms with Crippen molar-refractivity contribution in [1.82, 2.24) is 9.38 Å². The molecule has 0 aliphatic heterocycles. The fourth-order valence-electron chi connectivity index (χ4n) is 3.76. The van der Waals surface area contributed by atoms with E-state index in [-0.39, 0.29) is 12.0 Å². The quantitative estimate of drug-likeness (QED) is 0.912. The van der Waals surface area contributed by atoms with Crippen LogP contribution in [-0.4, -0.2) is 25.7 Å². The summed E-state index contributed by atoms with van der Waals surface area (Å²) in [6.07, 6.45) is 11.0. The molecular formula is C17H22N2O2. The molecular weight excluding hydrogens is 264 g/mol. The van der Waals surface area contributed by atoms with Crippen LogP contribution in [0.15, 0.2) is 24.8 Å². The van der Waals surface area contributed by atoms with Gasteiger partial charge in [-0.25, -0.2) is 4.98 Å². The lowest BCUT2D eigenvalue weighted by atomic mass is 9.80. The second-order valence-corrected chi connectivity index (χ2v) is 6.66. The number of hydrogen-bond donors (Lipinski definition) is 2. The highest BCUT2D eigenvalue weighted by molar-refractivity contribution is 5.59. The van der Waals surface area contributed by atoms with Crippen molar-refractivity contribution in [1.29, 1.82) is 0 Å². The first kappa shape index (κ1) is 13.3. The zero-order valence-corrected chi connectivity index (χ0v) is 12.2. The van der Waals surface area contributed by atoms with Crippen molar-refractivity contribution in [3.63, 3.8) is 0 Å². The van der Waals surface area contributed by atoms with Gasteiger partial charge >= 0.3 is 0 Å². The summed E-state index contributed by atoms with van der Waals surface area (Å²) in [5.74, 6) is 0.871. The molecule has 0 saturated heterocycles. The number of imidazole rings is 1. The van der Waals surface area contributed by atoms with Crippen molar-refractivity contribution in [2.45, 2.75) is 56.7 Å². The highest BCUT2D eigenvalue weighted by atomic mass is 16.3. The molecule has 1 atom stereocenters. The molecule has 2 heterocycles. The molecule has 112 valence electrons. The molecule has 0 aromatic carbocycles. The Kier molecular flexibility index (Phi) is 3.23. The first-order chi connectivity index (χ1) is 10.2. The molecule has 4 rings (SSSR count). The van der Waals surface area contributed by atoms with Crippen LogP contribution in [0.1, 0.15) is 61.7 Å². The van der Waals surface area contributed by atoms with Crippen molar-refractivity contribution in [3.8, 4) is 0 Å². The topological polar surface area (TPSA) is 57.8 Å². The summed E-state index contributed by atoms with van der Waals surface area (Å²) in [7, 11) is 0. The predicted octanol–water partition coefficient (Wildman–Crippen LogP) is 2.80. The molecule has 2 aromatic heterocycles. The number of aromatic nitrogens is 2. The normalized spacial score (nSPS) is 27.9. The van der Waals surface area contributed by atoms with Gasteiger partial charge in [-0.3, -0.25) is 0 Å². The van der Waals surface area contributed by atoms with Crippen molar-refractivity contribution in [2.75, 3.05) is 0 Å². The Morgan fingerprint density at radius 2 is 1.90 bits per heavy atom. The molecule has 4 heteroatoms. The van der Waals surface area contributed by atoms with Gasteiger partial charge in [0.2, 0.25) is 0 Å². The van der Waals surface area contributed by atoms with Crippen LogP contribution in [0, 0.1) is 5.92 Å². The molecule has 0 spiro atoms. The molecule has 0 radical (unpaired) electrons. The number of nitrogens with zero attached hydrogens (tertiary/aromatic N) is 2. The fraction of sp³-hybridized carbons (Fsp3) is 0.588. The van der Waals surface area contributed by atoms with Crippen LogP contribution < -0.4 is 0 Å². The first-order valence-electron chi connectivity index (χ1n) is 8.04. The predicted molar refractivity (Wildman–Crippen MR) is 80.1 cm³/mol. The number of fused-ring (bicyclic) bond motifs is 1. The lowest BCUT2D eigenvalue weighted by Gasteiger charge is -2.30. The van der Waals surface area contributed by atoms with E-state index in [1.165, 1.54) is 18.4 Å². The molecule has 2 aromatic rings. The molecule has 0 unspecified atom stereocenters. The molecule has 4 nitrogen and oxygen atoms in total. The summed E-state index contributed by atoms with van der Waals surface area (Å²) in [4.78, 5) is 4.23. The van der Waals surface area contributed by atoms with Gasteiger partial charge in [0, 0.05) is 11.8 Å². The maximum absolute atomic E-state index is 11.0. The Balaban J connectivity index is 1.73. The van der Waals surface area contributed by atoms with E-state index in [0.717, 1.165) is 36.8 Å². The van der Waals surface area contributed by atoms with E-state index in [4.69, 9.17) is 0 Å². The number of rotatable bonds is 3. The zero-order valence-electron chi connectivity index (χ0n) is 12.2. The minimum Gasteiger partial charge on any atom is -0.393 e. The SMILES string of the molecule is O[C@H](c1c(C2CC2)ccn2cncc12)[C@H]1CC[C@@H](O)CC1. The van der Waals surface area contributed by atoms with E-state index >= 15 is 0 Å². The van der Waals surface area contributed by atoms with Gasteiger partial charge < -0.3 is 14.6 Å². The van der Waals surface area contributed by atoms with Crippen molar-refractivity contribution in [3.05, 3.63) is 35.9 Å². The van der Waals surface area contributed by atoms with Crippen LogP contribution in [-0.2, 0) is 0 Å². The van der Waals surface area contributed by atoms with Gasteiger partial charge in [-0.1, -0.05) is 0 Å². The van der Waals surface area contributed by atoms with Crippen LogP contribution in [0.5, 0.6) is 0 Å². The fourth-order valence-corrected chi connectivity index (χ4v) is 3.76. The molecule has 2 aliphatic carbocycles. The Morgan fingerprint density at radius 3 is 2.62 bits per heavy atom. The summed E-state index contributed by atoms with van der Waals surface area (Å²) in [5, 5.41) is 20.7. The molecule has 2 aliphatic rings. The lowest BCUT2D eigenvalue weighted by molar-refractivity contribution is 0.0415. The van der Waals surface area contributed by atoms with E-state index in [1.807, 2.05) is 10.6 Å². The average molecular weight is 286 g/mol. The van der Waals surface area contributed by atoms with Crippen LogP contribution >= 0.6 is 0 Å². The summed E-state index contributed by atoms with van der Waals surface area (Å²) in [6, 6.07) is 2.16. The zero-order chi connectivity index (χ0) is 14.4. The monoisotopic (exact) mass is 286 g/mol. The van der Waals surface area contributed by atoms with Crippen LogP contribution in [0.4, 0.5) is 0 Å². The van der Waals surface area contributed by atoms with Crippen LogP contribution in [0.2, 0.25) is 0 Å². The first-order valence-corrected chi connectivity index (χ1v) is 8.04. The average Bonchev–Trinajstić information content (AvgIpc) is 3.23. The molecule has 2 fully saturated rings. The van der Waals surface area contributed by atoms with Gasteiger partial charge in [0.05, 0.1) is 30.2 Å². The molecule has 21 heavy (non-hydrogen) atoms. The highest BCUT2D eigenvalue weighted by Gasteiger charge is 2.33. The van der Waals surface area contributed by atoms with Gasteiger partial charge in [-0.15, -0.1) is 0 Å². The summed E-state index contributed by atoms with van der Waals surface area (Å²) >= 11 is 0. The Hall–Kier alpha value is -1.39. The molecule has 0 amide bonds. The standard InChI is InChI=1S/C17H22N2O2/c20-13-5-3-12(4-6-13)17(21)16-14(11-1-2-11)7-8-19-10-18-9-15(16)19/h7-13,17,20-21H,1-6H2/t12-,13+,17-/m0/s1. The lowest BCUT2D eigenvalue weighted by Crippen LogP contribution is -2.24. The number of hydrogen-bond acceptors (Lipinski definition) is 3. The molecule has 2 saturated carbocycles. The van der Waals surface area contributed by atoms with Crippen molar-refractivity contribution < 1.29 is 10.2 Å². The Labute approximate surface area is 124 Å². The molecule has 0 bridgehead atoms. The van der Waals surface area contributed by atoms with Gasteiger partial charge in [0.25, 0.3) is 0 Å². The second kappa shape index (κ2) is 5.11. The smallest absolute Gasteiger partial charge is 0.0992 e. The summed E-state index contributed by atoms with van der Waals surface area (Å²) < 4.78 is 2.00. The van der Waals surface area contributed by atoms with E-state index in [2.05, 4.69) is 17.2 Å². The minimum atomic E-state index is -0.437. The molecule has 2 N–H and O–H groups in total. The van der Waals surface area contributed by atoms with Crippen LogP contribution in [0.25, 0.3) is 5.52 Å². The minimum absolute atomic E-state index is 0.179. The van der Waals surface area contributed by atoms with Crippen LogP contribution in [0.3, 0.4) is 0 Å². The van der Waals surface area contributed by atoms with Gasteiger partial charge in [-0.05, 0) is 62.0 Å². The number of pyridine rings is 1. The Bertz CT molecular complexity index is 639. The van der Waals surface area contributed by atoms with E-state index in [9.17, 15) is 10.2 Å². The van der Waals surface area contributed by atoms with Crippen molar-refractivity contribution >= 4 is 5.52 Å². The van der Waals surface area contributed by atoms with Gasteiger partial charge in [0.1, 0.15) is 0 Å². The Morgan fingerprint density at radius 1 is 1.14 bits per heavy atom. The number of aliphatic hydroxyl groups is 2. The maximum atomic E-state index is 11.0. The highest BCUT2D eigenvalue weighted by Crippen LogP contribution is 2.46. The maximum Gasteiger partial charge on any atom is 0.0992 e. The van der Waals surface area contributed by atoms with Gasteiger partial charge in [0.15, 0.2) is 0 Å². The summed E-state index contributed by atoms with van der Waals surface area (Å²) in [5.41, 5.74) is 3.43. The number of aliphatic hydroxyl groups excluding tert-OH is 2. The van der Waals surface area contributed by atoms with E-state index in [0.29, 0.717) is 5.92 Å².